The van der Waals surface area contributed by atoms with Gasteiger partial charge in [0, 0.05) is 31.0 Å². The largest absolute Gasteiger partial charge is 0.364 e. The molecule has 1 aromatic heterocycles. The van der Waals surface area contributed by atoms with Gasteiger partial charge in [0.15, 0.2) is 0 Å². The van der Waals surface area contributed by atoms with Crippen molar-refractivity contribution in [2.75, 3.05) is 11.4 Å². The number of fused-ring (bicyclic) bond motifs is 1. The number of nitrogens with zero attached hydrogens (tertiary/aromatic N) is 3. The average molecular weight is 535 g/mol. The van der Waals surface area contributed by atoms with Gasteiger partial charge in [-0.15, -0.1) is 0 Å². The third-order valence-corrected chi connectivity index (χ3v) is 9.18. The maximum absolute atomic E-state index is 14.2. The van der Waals surface area contributed by atoms with Crippen LogP contribution in [-0.4, -0.2) is 35.3 Å². The van der Waals surface area contributed by atoms with E-state index in [0.29, 0.717) is 24.4 Å². The van der Waals surface area contributed by atoms with Crippen LogP contribution in [0.3, 0.4) is 0 Å². The number of anilines is 1. The third-order valence-electron chi connectivity index (χ3n) is 7.27. The minimum atomic E-state index is -3.77. The highest BCUT2D eigenvalue weighted by Crippen LogP contribution is 2.35. The molecule has 0 bridgehead atoms. The highest BCUT2D eigenvalue weighted by Gasteiger charge is 2.36. The molecule has 1 aliphatic rings. The number of imidazole rings is 1. The summed E-state index contributed by atoms with van der Waals surface area (Å²) < 4.78 is 30.1. The molecular weight excluding hydrogens is 504 g/mol. The number of benzene rings is 4. The zero-order valence-electron chi connectivity index (χ0n) is 21.5. The number of aromatic nitrogens is 2. The van der Waals surface area contributed by atoms with Gasteiger partial charge in [-0.05, 0) is 52.9 Å². The molecule has 0 amide bonds. The molecule has 1 N–H and O–H groups in total. The number of hydrogen-bond acceptors (Lipinski definition) is 4. The summed E-state index contributed by atoms with van der Waals surface area (Å²) in [5.41, 5.74) is 6.26. The lowest BCUT2D eigenvalue weighted by Crippen LogP contribution is -2.45. The summed E-state index contributed by atoms with van der Waals surface area (Å²) in [6.45, 7) is 1.42. The number of H-pyrrole nitrogens is 1. The maximum atomic E-state index is 14.2. The van der Waals surface area contributed by atoms with Gasteiger partial charge in [0.1, 0.15) is 0 Å². The fourth-order valence-corrected chi connectivity index (χ4v) is 6.97. The summed E-state index contributed by atoms with van der Waals surface area (Å²) in [6.07, 6.45) is 4.11. The Morgan fingerprint density at radius 2 is 1.51 bits per heavy atom. The van der Waals surface area contributed by atoms with Crippen LogP contribution in [0.2, 0.25) is 0 Å². The topological polar surface area (TPSA) is 69.3 Å². The van der Waals surface area contributed by atoms with Gasteiger partial charge in [0.2, 0.25) is 10.0 Å². The monoisotopic (exact) mass is 534 g/mol. The quantitative estimate of drug-likeness (QED) is 0.282. The van der Waals surface area contributed by atoms with E-state index in [0.717, 1.165) is 33.6 Å². The highest BCUT2D eigenvalue weighted by molar-refractivity contribution is 7.89. The molecule has 196 valence electrons. The first-order valence-electron chi connectivity index (χ1n) is 13.1. The van der Waals surface area contributed by atoms with Crippen LogP contribution in [-0.2, 0) is 29.5 Å². The predicted molar refractivity (Wildman–Crippen MR) is 155 cm³/mol. The fraction of sp³-hybridized carbons (Fsp3) is 0.156. The zero-order valence-corrected chi connectivity index (χ0v) is 22.3. The molecule has 1 aliphatic heterocycles. The summed E-state index contributed by atoms with van der Waals surface area (Å²) in [6, 6.07) is 35.2. The minimum Gasteiger partial charge on any atom is -0.364 e. The molecule has 0 saturated carbocycles. The molecule has 7 heteroatoms. The van der Waals surface area contributed by atoms with Gasteiger partial charge in [-0.1, -0.05) is 84.9 Å². The first-order chi connectivity index (χ1) is 19.1. The SMILES string of the molecule is O=S(=O)(c1ccccc1)N1Cc2cc(-c3ccccc3)ccc2N(Cc2cnc[nH]2)C[C@H]1Cc1ccccc1. The Hall–Kier alpha value is -4.20. The second kappa shape index (κ2) is 10.9. The van der Waals surface area contributed by atoms with E-state index in [2.05, 4.69) is 57.3 Å². The van der Waals surface area contributed by atoms with Crippen molar-refractivity contribution in [3.63, 3.8) is 0 Å². The van der Waals surface area contributed by atoms with Gasteiger partial charge < -0.3 is 9.88 Å². The Labute approximate surface area is 229 Å². The second-order valence-corrected chi connectivity index (χ2v) is 11.8. The molecular formula is C32H30N4O2S. The van der Waals surface area contributed by atoms with Gasteiger partial charge in [-0.2, -0.15) is 4.31 Å². The van der Waals surface area contributed by atoms with Crippen molar-refractivity contribution in [3.05, 3.63) is 139 Å². The summed E-state index contributed by atoms with van der Waals surface area (Å²) in [7, 11) is -3.77. The molecule has 0 aliphatic carbocycles. The molecule has 2 heterocycles. The van der Waals surface area contributed by atoms with Gasteiger partial charge in [-0.25, -0.2) is 13.4 Å². The standard InChI is InChI=1S/C32H30N4O2S/c37-39(38,31-14-8-3-9-15-31)36-21-28-19-27(26-12-6-2-7-13-26)16-17-32(28)35(22-29-20-33-24-34-29)23-30(36)18-25-10-4-1-5-11-25/h1-17,19-20,24,30H,18,21-23H2,(H,33,34)/t30-/m1/s1. The van der Waals surface area contributed by atoms with Crippen molar-refractivity contribution >= 4 is 15.7 Å². The van der Waals surface area contributed by atoms with Crippen LogP contribution in [0.25, 0.3) is 11.1 Å². The second-order valence-electron chi connectivity index (χ2n) is 9.87. The van der Waals surface area contributed by atoms with Gasteiger partial charge in [0.05, 0.1) is 23.5 Å². The molecule has 0 spiro atoms. The Bertz CT molecular complexity index is 1620. The van der Waals surface area contributed by atoms with Crippen LogP contribution in [0.15, 0.2) is 127 Å². The summed E-state index contributed by atoms with van der Waals surface area (Å²) >= 11 is 0. The van der Waals surface area contributed by atoms with Crippen LogP contribution in [0.1, 0.15) is 16.8 Å². The molecule has 4 aromatic carbocycles. The maximum Gasteiger partial charge on any atom is 0.243 e. The Morgan fingerprint density at radius 3 is 2.21 bits per heavy atom. The van der Waals surface area contributed by atoms with Gasteiger partial charge in [-0.3, -0.25) is 0 Å². The van der Waals surface area contributed by atoms with E-state index in [4.69, 9.17) is 0 Å². The predicted octanol–water partition coefficient (Wildman–Crippen LogP) is 5.90. The van der Waals surface area contributed by atoms with Crippen molar-refractivity contribution in [1.82, 2.24) is 14.3 Å². The Morgan fingerprint density at radius 1 is 0.821 bits per heavy atom. The van der Waals surface area contributed by atoms with Crippen molar-refractivity contribution in [2.24, 2.45) is 0 Å². The first-order valence-corrected chi connectivity index (χ1v) is 14.5. The van der Waals surface area contributed by atoms with Crippen LogP contribution in [0.5, 0.6) is 0 Å². The number of sulfonamides is 1. The normalized spacial score (nSPS) is 16.0. The van der Waals surface area contributed by atoms with Crippen LogP contribution < -0.4 is 4.90 Å². The van der Waals surface area contributed by atoms with E-state index < -0.39 is 10.0 Å². The molecule has 5 aromatic rings. The smallest absolute Gasteiger partial charge is 0.243 e. The number of hydrogen-bond donors (Lipinski definition) is 1. The third kappa shape index (κ3) is 5.37. The van der Waals surface area contributed by atoms with E-state index >= 15 is 0 Å². The molecule has 6 nitrogen and oxygen atoms in total. The molecule has 0 saturated heterocycles. The average Bonchev–Trinajstić information content (AvgIpc) is 3.44. The first kappa shape index (κ1) is 25.1. The molecule has 6 rings (SSSR count). The van der Waals surface area contributed by atoms with E-state index in [1.54, 1.807) is 34.9 Å². The number of nitrogens with one attached hydrogen (secondary N) is 1. The number of rotatable bonds is 7. The summed E-state index contributed by atoms with van der Waals surface area (Å²) in [4.78, 5) is 10.0. The van der Waals surface area contributed by atoms with Crippen LogP contribution >= 0.6 is 0 Å². The Balaban J connectivity index is 1.48. The molecule has 1 atom stereocenters. The highest BCUT2D eigenvalue weighted by atomic mass is 32.2. The van der Waals surface area contributed by atoms with Crippen molar-refractivity contribution in [1.29, 1.82) is 0 Å². The van der Waals surface area contributed by atoms with Crippen LogP contribution in [0.4, 0.5) is 5.69 Å². The van der Waals surface area contributed by atoms with E-state index in [1.165, 1.54) is 0 Å². The Kier molecular flexibility index (Phi) is 7.00. The zero-order chi connectivity index (χ0) is 26.7. The van der Waals surface area contributed by atoms with Crippen LogP contribution in [0, 0.1) is 0 Å². The van der Waals surface area contributed by atoms with Crippen molar-refractivity contribution < 1.29 is 8.42 Å². The summed E-state index contributed by atoms with van der Waals surface area (Å²) in [5.74, 6) is 0. The molecule has 0 radical (unpaired) electrons. The number of aromatic amines is 1. The van der Waals surface area contributed by atoms with Crippen molar-refractivity contribution in [2.45, 2.75) is 30.4 Å². The summed E-state index contributed by atoms with van der Waals surface area (Å²) in [5, 5.41) is 0. The lowest BCUT2D eigenvalue weighted by molar-refractivity contribution is 0.318. The fourth-order valence-electron chi connectivity index (χ4n) is 5.36. The lowest BCUT2D eigenvalue weighted by atomic mass is 10.0. The lowest BCUT2D eigenvalue weighted by Gasteiger charge is -2.32. The molecule has 0 fully saturated rings. The molecule has 39 heavy (non-hydrogen) atoms. The van der Waals surface area contributed by atoms with Crippen molar-refractivity contribution in [3.8, 4) is 11.1 Å². The molecule has 0 unspecified atom stereocenters. The van der Waals surface area contributed by atoms with Gasteiger partial charge in [0.25, 0.3) is 0 Å². The van der Waals surface area contributed by atoms with E-state index in [1.807, 2.05) is 48.7 Å². The minimum absolute atomic E-state index is 0.282. The van der Waals surface area contributed by atoms with Gasteiger partial charge >= 0.3 is 0 Å². The van der Waals surface area contributed by atoms with E-state index in [9.17, 15) is 8.42 Å². The van der Waals surface area contributed by atoms with E-state index in [-0.39, 0.29) is 12.6 Å².